The lowest BCUT2D eigenvalue weighted by Gasteiger charge is -2.34. The second-order valence-corrected chi connectivity index (χ2v) is 8.20. The molecule has 142 valence electrons. The third kappa shape index (κ3) is 4.36. The van der Waals surface area contributed by atoms with Gasteiger partial charge in [-0.2, -0.15) is 0 Å². The second kappa shape index (κ2) is 8.19. The van der Waals surface area contributed by atoms with Crippen molar-refractivity contribution >= 4 is 23.2 Å². The van der Waals surface area contributed by atoms with Crippen molar-refractivity contribution in [1.29, 1.82) is 0 Å². The predicted octanol–water partition coefficient (Wildman–Crippen LogP) is 2.31. The largest absolute Gasteiger partial charge is 0.349 e. The van der Waals surface area contributed by atoms with E-state index in [-0.39, 0.29) is 23.8 Å². The van der Waals surface area contributed by atoms with Crippen molar-refractivity contribution in [2.75, 3.05) is 26.3 Å². The zero-order valence-electron chi connectivity index (χ0n) is 15.2. The molecule has 2 aromatic rings. The fourth-order valence-corrected chi connectivity index (χ4v) is 4.48. The minimum Gasteiger partial charge on any atom is -0.349 e. The van der Waals surface area contributed by atoms with Crippen LogP contribution < -0.4 is 5.32 Å². The summed E-state index contributed by atoms with van der Waals surface area (Å²) in [6, 6.07) is 9.85. The predicted molar refractivity (Wildman–Crippen MR) is 105 cm³/mol. The summed E-state index contributed by atoms with van der Waals surface area (Å²) in [7, 11) is 0. The molecule has 0 radical (unpaired) electrons. The molecular weight excluding hydrogens is 360 g/mol. The molecule has 1 atom stereocenters. The first kappa shape index (κ1) is 18.1. The Labute approximate surface area is 163 Å². The van der Waals surface area contributed by atoms with Crippen LogP contribution in [0.25, 0.3) is 0 Å². The van der Waals surface area contributed by atoms with Gasteiger partial charge in [0.05, 0.1) is 11.5 Å². The maximum Gasteiger partial charge on any atom is 0.261 e. The lowest BCUT2D eigenvalue weighted by atomic mass is 10.0. The van der Waals surface area contributed by atoms with Gasteiger partial charge in [-0.05, 0) is 36.4 Å². The van der Waals surface area contributed by atoms with Crippen LogP contribution >= 0.6 is 11.3 Å². The zero-order chi connectivity index (χ0) is 18.6. The van der Waals surface area contributed by atoms with Crippen LogP contribution in [0.4, 0.5) is 0 Å². The summed E-state index contributed by atoms with van der Waals surface area (Å²) >= 11 is 1.47. The van der Waals surface area contributed by atoms with Crippen molar-refractivity contribution < 1.29 is 9.59 Å². The first-order valence-corrected chi connectivity index (χ1v) is 10.3. The molecule has 0 saturated carbocycles. The van der Waals surface area contributed by atoms with Crippen molar-refractivity contribution in [1.82, 2.24) is 20.1 Å². The number of piperidine rings is 1. The van der Waals surface area contributed by atoms with Gasteiger partial charge < -0.3 is 10.2 Å². The van der Waals surface area contributed by atoms with Crippen LogP contribution in [0.3, 0.4) is 0 Å². The molecule has 7 heteroatoms. The molecule has 0 aliphatic carbocycles. The Morgan fingerprint density at radius 1 is 1.22 bits per heavy atom. The van der Waals surface area contributed by atoms with Gasteiger partial charge in [-0.15, -0.1) is 11.3 Å². The number of nitrogens with one attached hydrogen (secondary N) is 1. The van der Waals surface area contributed by atoms with Gasteiger partial charge in [0.25, 0.3) is 5.91 Å². The van der Waals surface area contributed by atoms with E-state index in [1.165, 1.54) is 11.3 Å². The molecule has 4 rings (SSSR count). The monoisotopic (exact) mass is 384 g/mol. The maximum absolute atomic E-state index is 12.4. The Kier molecular flexibility index (Phi) is 5.50. The summed E-state index contributed by atoms with van der Waals surface area (Å²) in [6.45, 7) is 3.21. The van der Waals surface area contributed by atoms with Gasteiger partial charge in [-0.3, -0.25) is 19.5 Å². The Bertz CT molecular complexity index is 773. The Balaban J connectivity index is 1.24. The summed E-state index contributed by atoms with van der Waals surface area (Å²) in [5.74, 6) is 0.427. The van der Waals surface area contributed by atoms with E-state index in [0.29, 0.717) is 13.1 Å². The maximum atomic E-state index is 12.4. The lowest BCUT2D eigenvalue weighted by Crippen LogP contribution is -2.48. The summed E-state index contributed by atoms with van der Waals surface area (Å²) in [5.41, 5.74) is 1.00. The van der Waals surface area contributed by atoms with Gasteiger partial charge in [0.15, 0.2) is 0 Å². The number of pyridine rings is 1. The van der Waals surface area contributed by atoms with Gasteiger partial charge in [0.1, 0.15) is 0 Å². The molecular formula is C20H24N4O2S. The number of nitrogens with zero attached hydrogens (tertiary/aromatic N) is 3. The van der Waals surface area contributed by atoms with Gasteiger partial charge in [0, 0.05) is 49.9 Å². The van der Waals surface area contributed by atoms with Crippen LogP contribution in [0, 0.1) is 0 Å². The van der Waals surface area contributed by atoms with Crippen LogP contribution in [0.5, 0.6) is 0 Å². The summed E-state index contributed by atoms with van der Waals surface area (Å²) < 4.78 is 0. The number of likely N-dealkylation sites (tertiary alicyclic amines) is 2. The Morgan fingerprint density at radius 2 is 2.07 bits per heavy atom. The normalized spacial score (nSPS) is 21.6. The molecule has 0 bridgehead atoms. The van der Waals surface area contributed by atoms with E-state index < -0.39 is 0 Å². The highest BCUT2D eigenvalue weighted by atomic mass is 32.1. The van der Waals surface area contributed by atoms with E-state index in [2.05, 4.69) is 15.2 Å². The second-order valence-electron chi connectivity index (χ2n) is 7.26. The zero-order valence-corrected chi connectivity index (χ0v) is 16.0. The highest BCUT2D eigenvalue weighted by Gasteiger charge is 2.33. The van der Waals surface area contributed by atoms with E-state index >= 15 is 0 Å². The number of hydrogen-bond donors (Lipinski definition) is 1. The molecule has 2 aliphatic heterocycles. The van der Waals surface area contributed by atoms with Crippen LogP contribution in [0.2, 0.25) is 0 Å². The molecule has 6 nitrogen and oxygen atoms in total. The highest BCUT2D eigenvalue weighted by molar-refractivity contribution is 7.12. The first-order chi connectivity index (χ1) is 13.2. The molecule has 2 amide bonds. The fourth-order valence-electron chi connectivity index (χ4n) is 3.85. The van der Waals surface area contributed by atoms with Crippen LogP contribution in [-0.2, 0) is 4.79 Å². The van der Waals surface area contributed by atoms with Gasteiger partial charge in [-0.25, -0.2) is 0 Å². The molecule has 1 N–H and O–H groups in total. The molecule has 0 aromatic carbocycles. The SMILES string of the molecule is O=C(NC1CCN(CN2CC(c3ccccn3)CC2=O)CC1)c1cccs1. The standard InChI is InChI=1S/C20H24N4O2S/c25-19-12-15(17-4-1-2-8-21-17)13-24(19)14-23-9-6-16(7-10-23)22-20(26)18-5-3-11-27-18/h1-5,8,11,15-16H,6-7,9-10,12-14H2,(H,22,26). The molecule has 27 heavy (non-hydrogen) atoms. The van der Waals surface area contributed by atoms with Gasteiger partial charge in [-0.1, -0.05) is 12.1 Å². The topological polar surface area (TPSA) is 65.5 Å². The van der Waals surface area contributed by atoms with Crippen LogP contribution in [0.1, 0.15) is 40.5 Å². The number of rotatable bonds is 5. The quantitative estimate of drug-likeness (QED) is 0.859. The average molecular weight is 385 g/mol. The number of aromatic nitrogens is 1. The van der Waals surface area contributed by atoms with E-state index in [0.717, 1.165) is 43.0 Å². The molecule has 4 heterocycles. The van der Waals surface area contributed by atoms with Crippen molar-refractivity contribution in [2.24, 2.45) is 0 Å². The third-order valence-electron chi connectivity index (χ3n) is 5.36. The third-order valence-corrected chi connectivity index (χ3v) is 6.23. The van der Waals surface area contributed by atoms with E-state index in [9.17, 15) is 9.59 Å². The van der Waals surface area contributed by atoms with Crippen molar-refractivity contribution in [3.05, 3.63) is 52.5 Å². The molecule has 2 fully saturated rings. The summed E-state index contributed by atoms with van der Waals surface area (Å²) in [4.78, 5) is 34.0. The average Bonchev–Trinajstić information content (AvgIpc) is 3.35. The molecule has 0 spiro atoms. The first-order valence-electron chi connectivity index (χ1n) is 9.44. The van der Waals surface area contributed by atoms with Crippen molar-refractivity contribution in [2.45, 2.75) is 31.2 Å². The molecule has 2 saturated heterocycles. The smallest absolute Gasteiger partial charge is 0.261 e. The van der Waals surface area contributed by atoms with Crippen molar-refractivity contribution in [3.63, 3.8) is 0 Å². The summed E-state index contributed by atoms with van der Waals surface area (Å²) in [5, 5.41) is 5.05. The van der Waals surface area contributed by atoms with Gasteiger partial charge >= 0.3 is 0 Å². The Morgan fingerprint density at radius 3 is 2.78 bits per heavy atom. The fraction of sp³-hybridized carbons (Fsp3) is 0.450. The minimum absolute atomic E-state index is 0.0244. The number of carbonyl (C=O) groups is 2. The van der Waals surface area contributed by atoms with Crippen LogP contribution in [-0.4, -0.2) is 58.9 Å². The molecule has 2 aromatic heterocycles. The van der Waals surface area contributed by atoms with Crippen molar-refractivity contribution in [3.8, 4) is 0 Å². The number of amides is 2. The van der Waals surface area contributed by atoms with E-state index in [1.54, 1.807) is 6.20 Å². The Hall–Kier alpha value is -2.25. The number of thiophene rings is 1. The number of hydrogen-bond acceptors (Lipinski definition) is 5. The van der Waals surface area contributed by atoms with Gasteiger partial charge in [0.2, 0.25) is 5.91 Å². The number of carbonyl (C=O) groups excluding carboxylic acids is 2. The molecule has 1 unspecified atom stereocenters. The highest BCUT2D eigenvalue weighted by Crippen LogP contribution is 2.27. The van der Waals surface area contributed by atoms with Crippen LogP contribution in [0.15, 0.2) is 41.9 Å². The lowest BCUT2D eigenvalue weighted by molar-refractivity contribution is -0.129. The molecule has 2 aliphatic rings. The van der Waals surface area contributed by atoms with E-state index in [4.69, 9.17) is 0 Å². The minimum atomic E-state index is 0.0244. The van der Waals surface area contributed by atoms with E-state index in [1.807, 2.05) is 40.6 Å². The summed E-state index contributed by atoms with van der Waals surface area (Å²) in [6.07, 6.45) is 4.17.